The van der Waals surface area contributed by atoms with Crippen LogP contribution in [0.3, 0.4) is 0 Å². The molecule has 0 aromatic carbocycles. The molecule has 0 saturated carbocycles. The van der Waals surface area contributed by atoms with Gasteiger partial charge in [-0.05, 0) is 52.6 Å². The van der Waals surface area contributed by atoms with Gasteiger partial charge in [-0.1, -0.05) is 6.42 Å². The number of likely N-dealkylation sites (tertiary alicyclic amines) is 1. The summed E-state index contributed by atoms with van der Waals surface area (Å²) in [5, 5.41) is 0. The standard InChI is InChI=1S/C12H25N3O/c1-12(2)8-6-10-15(12)9-5-3-4-7-11(16)14-13/h3-10,13H2,1-2H3,(H,14,16). The Morgan fingerprint density at radius 3 is 2.69 bits per heavy atom. The van der Waals surface area contributed by atoms with Gasteiger partial charge >= 0.3 is 0 Å². The lowest BCUT2D eigenvalue weighted by Crippen LogP contribution is -2.38. The molecule has 94 valence electrons. The van der Waals surface area contributed by atoms with E-state index < -0.39 is 0 Å². The molecule has 0 bridgehead atoms. The summed E-state index contributed by atoms with van der Waals surface area (Å²) in [7, 11) is 0. The van der Waals surface area contributed by atoms with E-state index in [4.69, 9.17) is 5.84 Å². The molecule has 1 aliphatic rings. The van der Waals surface area contributed by atoms with Crippen molar-refractivity contribution in [3.63, 3.8) is 0 Å². The molecule has 0 atom stereocenters. The van der Waals surface area contributed by atoms with Crippen LogP contribution in [0.2, 0.25) is 0 Å². The molecule has 1 saturated heterocycles. The molecule has 0 aromatic rings. The Bertz CT molecular complexity index is 228. The summed E-state index contributed by atoms with van der Waals surface area (Å²) in [6.07, 6.45) is 6.42. The van der Waals surface area contributed by atoms with Crippen molar-refractivity contribution in [2.75, 3.05) is 13.1 Å². The topological polar surface area (TPSA) is 58.4 Å². The predicted octanol–water partition coefficient (Wildman–Crippen LogP) is 1.41. The van der Waals surface area contributed by atoms with Crippen LogP contribution < -0.4 is 11.3 Å². The van der Waals surface area contributed by atoms with Gasteiger partial charge in [0.2, 0.25) is 5.91 Å². The number of nitrogens with zero attached hydrogens (tertiary/aromatic N) is 1. The van der Waals surface area contributed by atoms with E-state index in [1.165, 1.54) is 25.8 Å². The number of hydrogen-bond acceptors (Lipinski definition) is 3. The lowest BCUT2D eigenvalue weighted by molar-refractivity contribution is -0.121. The molecule has 1 aliphatic heterocycles. The molecule has 1 heterocycles. The van der Waals surface area contributed by atoms with Gasteiger partial charge in [-0.3, -0.25) is 15.1 Å². The number of amides is 1. The predicted molar refractivity (Wildman–Crippen MR) is 65.7 cm³/mol. The van der Waals surface area contributed by atoms with E-state index in [0.717, 1.165) is 19.4 Å². The van der Waals surface area contributed by atoms with Crippen LogP contribution in [-0.2, 0) is 4.79 Å². The van der Waals surface area contributed by atoms with Gasteiger partial charge in [0.25, 0.3) is 0 Å². The fourth-order valence-electron chi connectivity index (χ4n) is 2.41. The minimum atomic E-state index is -0.0542. The van der Waals surface area contributed by atoms with E-state index in [1.54, 1.807) is 0 Å². The van der Waals surface area contributed by atoms with Crippen molar-refractivity contribution >= 4 is 5.91 Å². The summed E-state index contributed by atoms with van der Waals surface area (Å²) in [6, 6.07) is 0. The highest BCUT2D eigenvalue weighted by atomic mass is 16.2. The second-order valence-electron chi connectivity index (χ2n) is 5.28. The molecule has 0 spiro atoms. The number of rotatable bonds is 6. The molecular formula is C12H25N3O. The fraction of sp³-hybridized carbons (Fsp3) is 0.917. The Morgan fingerprint density at radius 1 is 1.38 bits per heavy atom. The van der Waals surface area contributed by atoms with Gasteiger partial charge in [0, 0.05) is 12.0 Å². The summed E-state index contributed by atoms with van der Waals surface area (Å²) in [4.78, 5) is 13.5. The smallest absolute Gasteiger partial charge is 0.233 e. The van der Waals surface area contributed by atoms with Crippen LogP contribution in [-0.4, -0.2) is 29.4 Å². The fourth-order valence-corrected chi connectivity index (χ4v) is 2.41. The Balaban J connectivity index is 2.05. The molecule has 1 fully saturated rings. The normalized spacial score (nSPS) is 19.9. The number of hydrogen-bond donors (Lipinski definition) is 2. The van der Waals surface area contributed by atoms with Crippen LogP contribution in [0.1, 0.15) is 52.4 Å². The van der Waals surface area contributed by atoms with Crippen molar-refractivity contribution in [2.45, 2.75) is 57.9 Å². The van der Waals surface area contributed by atoms with Crippen LogP contribution in [0.25, 0.3) is 0 Å². The maximum Gasteiger partial charge on any atom is 0.233 e. The lowest BCUT2D eigenvalue weighted by atomic mass is 10.0. The third-order valence-electron chi connectivity index (χ3n) is 3.57. The van der Waals surface area contributed by atoms with Crippen molar-refractivity contribution in [3.8, 4) is 0 Å². The second kappa shape index (κ2) is 6.21. The molecule has 0 aromatic heterocycles. The van der Waals surface area contributed by atoms with E-state index in [-0.39, 0.29) is 5.91 Å². The zero-order chi connectivity index (χ0) is 12.0. The molecule has 4 nitrogen and oxygen atoms in total. The molecule has 0 unspecified atom stereocenters. The van der Waals surface area contributed by atoms with Gasteiger partial charge in [0.05, 0.1) is 0 Å². The quantitative estimate of drug-likeness (QED) is 0.312. The minimum absolute atomic E-state index is 0.0542. The second-order valence-corrected chi connectivity index (χ2v) is 5.28. The van der Waals surface area contributed by atoms with E-state index in [1.807, 2.05) is 0 Å². The maximum absolute atomic E-state index is 10.9. The summed E-state index contributed by atoms with van der Waals surface area (Å²) in [6.45, 7) is 7.04. The average Bonchev–Trinajstić information content (AvgIpc) is 2.57. The number of nitrogens with two attached hydrogens (primary N) is 1. The molecule has 16 heavy (non-hydrogen) atoms. The van der Waals surface area contributed by atoms with E-state index in [2.05, 4.69) is 24.2 Å². The molecule has 4 heteroatoms. The molecular weight excluding hydrogens is 202 g/mol. The number of carbonyl (C=O) groups excluding carboxylic acids is 1. The summed E-state index contributed by atoms with van der Waals surface area (Å²) in [5.41, 5.74) is 2.54. The minimum Gasteiger partial charge on any atom is -0.298 e. The summed E-state index contributed by atoms with van der Waals surface area (Å²) in [5.74, 6) is 4.96. The van der Waals surface area contributed by atoms with Gasteiger partial charge in [-0.15, -0.1) is 0 Å². The molecule has 1 amide bonds. The first-order valence-electron chi connectivity index (χ1n) is 6.31. The average molecular weight is 227 g/mol. The van der Waals surface area contributed by atoms with Gasteiger partial charge < -0.3 is 0 Å². The van der Waals surface area contributed by atoms with Crippen molar-refractivity contribution in [1.29, 1.82) is 0 Å². The van der Waals surface area contributed by atoms with Crippen molar-refractivity contribution in [3.05, 3.63) is 0 Å². The maximum atomic E-state index is 10.9. The van der Waals surface area contributed by atoms with Crippen LogP contribution in [0.4, 0.5) is 0 Å². The van der Waals surface area contributed by atoms with Crippen molar-refractivity contribution < 1.29 is 4.79 Å². The van der Waals surface area contributed by atoms with Gasteiger partial charge in [0.15, 0.2) is 0 Å². The summed E-state index contributed by atoms with van der Waals surface area (Å²) >= 11 is 0. The Labute approximate surface area is 98.5 Å². The number of carbonyl (C=O) groups is 1. The molecule has 1 rings (SSSR count). The van der Waals surface area contributed by atoms with E-state index in [0.29, 0.717) is 12.0 Å². The van der Waals surface area contributed by atoms with E-state index >= 15 is 0 Å². The van der Waals surface area contributed by atoms with Crippen molar-refractivity contribution in [1.82, 2.24) is 10.3 Å². The number of unbranched alkanes of at least 4 members (excludes halogenated alkanes) is 2. The summed E-state index contributed by atoms with van der Waals surface area (Å²) < 4.78 is 0. The van der Waals surface area contributed by atoms with Crippen LogP contribution >= 0.6 is 0 Å². The highest BCUT2D eigenvalue weighted by Crippen LogP contribution is 2.28. The first kappa shape index (κ1) is 13.5. The zero-order valence-corrected chi connectivity index (χ0v) is 10.6. The highest BCUT2D eigenvalue weighted by molar-refractivity contribution is 5.74. The monoisotopic (exact) mass is 227 g/mol. The van der Waals surface area contributed by atoms with Gasteiger partial charge in [0.1, 0.15) is 0 Å². The lowest BCUT2D eigenvalue weighted by Gasteiger charge is -2.31. The third-order valence-corrected chi connectivity index (χ3v) is 3.57. The largest absolute Gasteiger partial charge is 0.298 e. The molecule has 0 radical (unpaired) electrons. The van der Waals surface area contributed by atoms with Crippen LogP contribution in [0.15, 0.2) is 0 Å². The van der Waals surface area contributed by atoms with Crippen LogP contribution in [0, 0.1) is 0 Å². The highest BCUT2D eigenvalue weighted by Gasteiger charge is 2.30. The first-order valence-corrected chi connectivity index (χ1v) is 6.31. The van der Waals surface area contributed by atoms with Crippen LogP contribution in [0.5, 0.6) is 0 Å². The third kappa shape index (κ3) is 4.10. The number of nitrogens with one attached hydrogen (secondary N) is 1. The Kier molecular flexibility index (Phi) is 5.22. The first-order chi connectivity index (χ1) is 7.56. The zero-order valence-electron chi connectivity index (χ0n) is 10.6. The Hall–Kier alpha value is -0.610. The number of hydrazine groups is 1. The Morgan fingerprint density at radius 2 is 2.12 bits per heavy atom. The van der Waals surface area contributed by atoms with Gasteiger partial charge in [-0.25, -0.2) is 5.84 Å². The van der Waals surface area contributed by atoms with E-state index in [9.17, 15) is 4.79 Å². The van der Waals surface area contributed by atoms with Gasteiger partial charge in [-0.2, -0.15) is 0 Å². The molecule has 3 N–H and O–H groups in total. The molecule has 0 aliphatic carbocycles. The SMILES string of the molecule is CC1(C)CCCN1CCCCCC(=O)NN. The van der Waals surface area contributed by atoms with Crippen molar-refractivity contribution in [2.24, 2.45) is 5.84 Å².